The Morgan fingerprint density at radius 2 is 2.11 bits per heavy atom. The number of aromatic nitrogens is 3. The molecular formula is C13H26N4O. The van der Waals surface area contributed by atoms with Gasteiger partial charge in [-0.25, -0.2) is 0 Å². The van der Waals surface area contributed by atoms with Gasteiger partial charge in [-0.3, -0.25) is 4.68 Å². The highest BCUT2D eigenvalue weighted by atomic mass is 16.5. The van der Waals surface area contributed by atoms with Crippen molar-refractivity contribution in [2.75, 3.05) is 26.8 Å². The lowest BCUT2D eigenvalue weighted by molar-refractivity contribution is 0.185. The first-order valence-corrected chi connectivity index (χ1v) is 6.70. The van der Waals surface area contributed by atoms with Gasteiger partial charge < -0.3 is 10.1 Å². The molecule has 0 bridgehead atoms. The lowest BCUT2D eigenvalue weighted by atomic mass is 9.78. The van der Waals surface area contributed by atoms with Crippen molar-refractivity contribution in [3.05, 3.63) is 11.9 Å². The van der Waals surface area contributed by atoms with E-state index in [2.05, 4.69) is 29.5 Å². The zero-order valence-electron chi connectivity index (χ0n) is 12.1. The Balaban J connectivity index is 2.55. The summed E-state index contributed by atoms with van der Waals surface area (Å²) in [4.78, 5) is 0. The highest BCUT2D eigenvalue weighted by Gasteiger charge is 2.27. The monoisotopic (exact) mass is 254 g/mol. The van der Waals surface area contributed by atoms with Crippen molar-refractivity contribution in [2.24, 2.45) is 12.5 Å². The van der Waals surface area contributed by atoms with E-state index in [9.17, 15) is 0 Å². The first-order valence-electron chi connectivity index (χ1n) is 6.70. The van der Waals surface area contributed by atoms with Crippen LogP contribution in [0.25, 0.3) is 0 Å². The molecule has 0 saturated carbocycles. The number of rotatable bonds is 9. The van der Waals surface area contributed by atoms with E-state index in [1.54, 1.807) is 11.8 Å². The van der Waals surface area contributed by atoms with Gasteiger partial charge in [-0.2, -0.15) is 0 Å². The minimum atomic E-state index is 0.268. The summed E-state index contributed by atoms with van der Waals surface area (Å²) >= 11 is 0. The van der Waals surface area contributed by atoms with Crippen LogP contribution in [0, 0.1) is 5.41 Å². The summed E-state index contributed by atoms with van der Waals surface area (Å²) < 4.78 is 6.82. The molecular weight excluding hydrogens is 228 g/mol. The minimum absolute atomic E-state index is 0.268. The fourth-order valence-corrected chi connectivity index (χ4v) is 2.20. The van der Waals surface area contributed by atoms with E-state index in [4.69, 9.17) is 4.74 Å². The van der Waals surface area contributed by atoms with E-state index in [-0.39, 0.29) is 5.41 Å². The summed E-state index contributed by atoms with van der Waals surface area (Å²) in [6.07, 6.45) is 5.27. The molecule has 1 aromatic rings. The Bertz CT molecular complexity index is 333. The van der Waals surface area contributed by atoms with Crippen molar-refractivity contribution in [3.8, 4) is 0 Å². The molecule has 0 radical (unpaired) electrons. The van der Waals surface area contributed by atoms with Crippen molar-refractivity contribution >= 4 is 0 Å². The number of nitrogens with zero attached hydrogens (tertiary/aromatic N) is 3. The standard InChI is InChI=1S/C13H26N4O/c1-5-13(6-2,11-14-7-8-18-4)9-12-10-17(3)16-15-12/h10,14H,5-9,11H2,1-4H3. The van der Waals surface area contributed by atoms with Crippen LogP contribution in [0.2, 0.25) is 0 Å². The predicted molar refractivity (Wildman–Crippen MR) is 72.5 cm³/mol. The van der Waals surface area contributed by atoms with Crippen LogP contribution in [0.5, 0.6) is 0 Å². The van der Waals surface area contributed by atoms with Gasteiger partial charge in [-0.15, -0.1) is 5.10 Å². The van der Waals surface area contributed by atoms with Crippen molar-refractivity contribution in [2.45, 2.75) is 33.1 Å². The second-order valence-electron chi connectivity index (χ2n) is 4.94. The molecule has 0 aliphatic carbocycles. The molecule has 1 N–H and O–H groups in total. The molecule has 1 heterocycles. The first kappa shape index (κ1) is 15.1. The van der Waals surface area contributed by atoms with E-state index in [1.165, 1.54) is 0 Å². The molecule has 0 atom stereocenters. The van der Waals surface area contributed by atoms with E-state index < -0.39 is 0 Å². The van der Waals surface area contributed by atoms with Gasteiger partial charge in [0.15, 0.2) is 0 Å². The highest BCUT2D eigenvalue weighted by Crippen LogP contribution is 2.29. The number of nitrogens with one attached hydrogen (secondary N) is 1. The largest absolute Gasteiger partial charge is 0.383 e. The first-order chi connectivity index (χ1) is 8.65. The lowest BCUT2D eigenvalue weighted by Gasteiger charge is -2.31. The molecule has 18 heavy (non-hydrogen) atoms. The van der Waals surface area contributed by atoms with Crippen LogP contribution in [0.15, 0.2) is 6.20 Å². The summed E-state index contributed by atoms with van der Waals surface area (Å²) in [5.41, 5.74) is 1.35. The average Bonchev–Trinajstić information content (AvgIpc) is 2.78. The molecule has 0 spiro atoms. The third-order valence-electron chi connectivity index (χ3n) is 3.69. The summed E-state index contributed by atoms with van der Waals surface area (Å²) in [5, 5.41) is 11.7. The molecule has 5 heteroatoms. The van der Waals surface area contributed by atoms with Gasteiger partial charge in [0.2, 0.25) is 0 Å². The van der Waals surface area contributed by atoms with Crippen molar-refractivity contribution in [3.63, 3.8) is 0 Å². The summed E-state index contributed by atoms with van der Waals surface area (Å²) in [6.45, 7) is 7.16. The molecule has 0 aromatic carbocycles. The van der Waals surface area contributed by atoms with Crippen LogP contribution < -0.4 is 5.32 Å². The average molecular weight is 254 g/mol. The molecule has 5 nitrogen and oxygen atoms in total. The Morgan fingerprint density at radius 3 is 2.61 bits per heavy atom. The summed E-state index contributed by atoms with van der Waals surface area (Å²) in [7, 11) is 3.64. The van der Waals surface area contributed by atoms with Gasteiger partial charge in [0.25, 0.3) is 0 Å². The van der Waals surface area contributed by atoms with Gasteiger partial charge in [-0.05, 0) is 24.7 Å². The maximum absolute atomic E-state index is 5.06. The Kier molecular flexibility index (Phi) is 6.29. The molecule has 0 aliphatic rings. The highest BCUT2D eigenvalue weighted by molar-refractivity contribution is 4.99. The Morgan fingerprint density at radius 1 is 1.39 bits per heavy atom. The molecule has 0 aliphatic heterocycles. The maximum Gasteiger partial charge on any atom is 0.0833 e. The predicted octanol–water partition coefficient (Wildman–Crippen LogP) is 1.40. The van der Waals surface area contributed by atoms with Crippen molar-refractivity contribution in [1.29, 1.82) is 0 Å². The van der Waals surface area contributed by atoms with Crippen LogP contribution in [-0.4, -0.2) is 41.8 Å². The van der Waals surface area contributed by atoms with Crippen molar-refractivity contribution < 1.29 is 4.74 Å². The van der Waals surface area contributed by atoms with E-state index in [1.807, 2.05) is 13.2 Å². The summed E-state index contributed by atoms with van der Waals surface area (Å²) in [5.74, 6) is 0. The molecule has 0 fully saturated rings. The van der Waals surface area contributed by atoms with E-state index >= 15 is 0 Å². The summed E-state index contributed by atoms with van der Waals surface area (Å²) in [6, 6.07) is 0. The smallest absolute Gasteiger partial charge is 0.0833 e. The normalized spacial score (nSPS) is 12.0. The van der Waals surface area contributed by atoms with Gasteiger partial charge in [0.05, 0.1) is 12.3 Å². The number of hydrogen-bond donors (Lipinski definition) is 1. The van der Waals surface area contributed by atoms with Crippen LogP contribution in [0.3, 0.4) is 0 Å². The van der Waals surface area contributed by atoms with Crippen LogP contribution in [0.4, 0.5) is 0 Å². The SMILES string of the molecule is CCC(CC)(CNCCOC)Cc1cn(C)nn1. The Hall–Kier alpha value is -0.940. The zero-order valence-corrected chi connectivity index (χ0v) is 12.1. The third-order valence-corrected chi connectivity index (χ3v) is 3.69. The quantitative estimate of drug-likeness (QED) is 0.677. The van der Waals surface area contributed by atoms with E-state index in [0.29, 0.717) is 0 Å². The van der Waals surface area contributed by atoms with Gasteiger partial charge >= 0.3 is 0 Å². The minimum Gasteiger partial charge on any atom is -0.383 e. The third kappa shape index (κ3) is 4.38. The second kappa shape index (κ2) is 7.48. The molecule has 1 rings (SSSR count). The maximum atomic E-state index is 5.06. The van der Waals surface area contributed by atoms with E-state index in [0.717, 1.165) is 44.7 Å². The molecule has 0 saturated heterocycles. The van der Waals surface area contributed by atoms with Crippen molar-refractivity contribution in [1.82, 2.24) is 20.3 Å². The number of aryl methyl sites for hydroxylation is 1. The van der Waals surface area contributed by atoms with Crippen LogP contribution in [0.1, 0.15) is 32.4 Å². The molecule has 1 aromatic heterocycles. The number of hydrogen-bond acceptors (Lipinski definition) is 4. The Labute approximate surface area is 110 Å². The zero-order chi connectivity index (χ0) is 13.4. The topological polar surface area (TPSA) is 52.0 Å². The number of methoxy groups -OCH3 is 1. The molecule has 0 amide bonds. The fraction of sp³-hybridized carbons (Fsp3) is 0.846. The fourth-order valence-electron chi connectivity index (χ4n) is 2.20. The number of ether oxygens (including phenoxy) is 1. The molecule has 0 unspecified atom stereocenters. The van der Waals surface area contributed by atoms with Gasteiger partial charge in [-0.1, -0.05) is 19.1 Å². The second-order valence-corrected chi connectivity index (χ2v) is 4.94. The van der Waals surface area contributed by atoms with Crippen LogP contribution in [-0.2, 0) is 18.2 Å². The van der Waals surface area contributed by atoms with Gasteiger partial charge in [0.1, 0.15) is 0 Å². The molecule has 104 valence electrons. The van der Waals surface area contributed by atoms with Gasteiger partial charge in [0, 0.05) is 33.4 Å². The van der Waals surface area contributed by atoms with Crippen LogP contribution >= 0.6 is 0 Å². The lowest BCUT2D eigenvalue weighted by Crippen LogP contribution is -2.36.